The second-order valence-electron chi connectivity index (χ2n) is 6.93. The summed E-state index contributed by atoms with van der Waals surface area (Å²) in [5.41, 5.74) is 2.81. The van der Waals surface area contributed by atoms with E-state index in [-0.39, 0.29) is 18.1 Å². The molecule has 132 valence electrons. The maximum absolute atomic E-state index is 12.1. The molecule has 0 atom stereocenters. The minimum atomic E-state index is -0.237. The van der Waals surface area contributed by atoms with Crippen molar-refractivity contribution < 1.29 is 14.3 Å². The fourth-order valence-corrected chi connectivity index (χ4v) is 3.12. The van der Waals surface area contributed by atoms with Gasteiger partial charge in [0.2, 0.25) is 0 Å². The van der Waals surface area contributed by atoms with E-state index in [1.807, 2.05) is 19.1 Å². The Morgan fingerprint density at radius 3 is 2.88 bits per heavy atom. The molecule has 5 heteroatoms. The van der Waals surface area contributed by atoms with E-state index >= 15 is 0 Å². The summed E-state index contributed by atoms with van der Waals surface area (Å²) < 4.78 is 11.7. The van der Waals surface area contributed by atoms with E-state index in [0.29, 0.717) is 16.5 Å². The van der Waals surface area contributed by atoms with Gasteiger partial charge in [-0.2, -0.15) is 0 Å². The van der Waals surface area contributed by atoms with Crippen LogP contribution in [0.1, 0.15) is 31.4 Å². The highest BCUT2D eigenvalue weighted by Gasteiger charge is 2.28. The first-order valence-electron chi connectivity index (χ1n) is 8.33. The van der Waals surface area contributed by atoms with Gasteiger partial charge >= 0.3 is 0 Å². The number of carbonyl (C=O) groups is 1. The maximum atomic E-state index is 12.1. The Morgan fingerprint density at radius 2 is 2.12 bits per heavy atom. The minimum Gasteiger partial charge on any atom is -0.487 e. The largest absolute Gasteiger partial charge is 0.487 e. The van der Waals surface area contributed by atoms with Crippen LogP contribution < -0.4 is 14.8 Å². The molecule has 0 radical (unpaired) electrons. The fourth-order valence-electron chi connectivity index (χ4n) is 2.93. The molecule has 2 aromatic rings. The third-order valence-corrected chi connectivity index (χ3v) is 4.48. The molecule has 0 fully saturated rings. The number of hydrogen-bond acceptors (Lipinski definition) is 3. The topological polar surface area (TPSA) is 47.6 Å². The maximum Gasteiger partial charge on any atom is 0.262 e. The Bertz CT molecular complexity index is 802. The number of halogens is 1. The van der Waals surface area contributed by atoms with Crippen LogP contribution in [-0.4, -0.2) is 18.1 Å². The molecule has 2 aromatic carbocycles. The van der Waals surface area contributed by atoms with Crippen molar-refractivity contribution >= 4 is 23.2 Å². The Morgan fingerprint density at radius 1 is 1.32 bits per heavy atom. The summed E-state index contributed by atoms with van der Waals surface area (Å²) in [7, 11) is 0. The SMILES string of the molecule is Cc1cc(OCC(=O)Nc2cccc(Cl)c2)cc2c1CCC(C)(C)O2. The van der Waals surface area contributed by atoms with Crippen LogP contribution in [0.5, 0.6) is 11.5 Å². The lowest BCUT2D eigenvalue weighted by Crippen LogP contribution is -2.32. The zero-order valence-corrected chi connectivity index (χ0v) is 15.4. The number of amides is 1. The Balaban J connectivity index is 1.65. The van der Waals surface area contributed by atoms with E-state index in [1.165, 1.54) is 5.56 Å². The monoisotopic (exact) mass is 359 g/mol. The van der Waals surface area contributed by atoms with Crippen LogP contribution in [0.15, 0.2) is 36.4 Å². The van der Waals surface area contributed by atoms with E-state index in [4.69, 9.17) is 21.1 Å². The van der Waals surface area contributed by atoms with Gasteiger partial charge in [0.15, 0.2) is 6.61 Å². The molecule has 1 aliphatic rings. The second-order valence-corrected chi connectivity index (χ2v) is 7.36. The molecule has 1 aliphatic heterocycles. The molecule has 1 N–H and O–H groups in total. The van der Waals surface area contributed by atoms with Crippen LogP contribution in [0.25, 0.3) is 0 Å². The van der Waals surface area contributed by atoms with Crippen molar-refractivity contribution in [3.63, 3.8) is 0 Å². The zero-order valence-electron chi connectivity index (χ0n) is 14.7. The van der Waals surface area contributed by atoms with Crippen LogP contribution in [0.2, 0.25) is 5.02 Å². The van der Waals surface area contributed by atoms with Gasteiger partial charge in [0, 0.05) is 16.8 Å². The van der Waals surface area contributed by atoms with Crippen LogP contribution in [-0.2, 0) is 11.2 Å². The summed E-state index contributed by atoms with van der Waals surface area (Å²) in [6.45, 7) is 6.13. The molecule has 3 rings (SSSR count). The molecule has 0 unspecified atom stereocenters. The van der Waals surface area contributed by atoms with Crippen molar-refractivity contribution in [3.05, 3.63) is 52.5 Å². The standard InChI is InChI=1S/C20H22ClNO3/c1-13-9-16(11-18-17(13)7-8-20(2,3)25-18)24-12-19(23)22-15-6-4-5-14(21)10-15/h4-6,9-11H,7-8,12H2,1-3H3,(H,22,23). The zero-order chi connectivity index (χ0) is 18.0. The van der Waals surface area contributed by atoms with Crippen molar-refractivity contribution in [1.82, 2.24) is 0 Å². The first-order valence-corrected chi connectivity index (χ1v) is 8.71. The van der Waals surface area contributed by atoms with Gasteiger partial charge in [0.05, 0.1) is 0 Å². The van der Waals surface area contributed by atoms with Crippen molar-refractivity contribution in [2.45, 2.75) is 39.2 Å². The quantitative estimate of drug-likeness (QED) is 0.855. The van der Waals surface area contributed by atoms with Crippen molar-refractivity contribution in [2.75, 3.05) is 11.9 Å². The van der Waals surface area contributed by atoms with Gasteiger partial charge in [-0.05, 0) is 69.0 Å². The van der Waals surface area contributed by atoms with E-state index in [2.05, 4.69) is 19.2 Å². The van der Waals surface area contributed by atoms with Crippen LogP contribution in [0.3, 0.4) is 0 Å². The van der Waals surface area contributed by atoms with Gasteiger partial charge in [-0.25, -0.2) is 0 Å². The Kier molecular flexibility index (Phi) is 4.91. The summed E-state index contributed by atoms with van der Waals surface area (Å²) in [6.07, 6.45) is 1.98. The smallest absolute Gasteiger partial charge is 0.262 e. The van der Waals surface area contributed by atoms with Crippen LogP contribution in [0, 0.1) is 6.92 Å². The fraction of sp³-hybridized carbons (Fsp3) is 0.350. The minimum absolute atomic E-state index is 0.0753. The summed E-state index contributed by atoms with van der Waals surface area (Å²) in [6, 6.07) is 10.8. The number of ether oxygens (including phenoxy) is 2. The Hall–Kier alpha value is -2.20. The highest BCUT2D eigenvalue weighted by Crippen LogP contribution is 2.37. The van der Waals surface area contributed by atoms with Gasteiger partial charge in [-0.3, -0.25) is 4.79 Å². The lowest BCUT2D eigenvalue weighted by molar-refractivity contribution is -0.118. The first kappa shape index (κ1) is 17.6. The van der Waals surface area contributed by atoms with Gasteiger partial charge in [-0.1, -0.05) is 17.7 Å². The van der Waals surface area contributed by atoms with Gasteiger partial charge in [0.1, 0.15) is 17.1 Å². The molecule has 0 bridgehead atoms. The number of benzene rings is 2. The predicted octanol–water partition coefficient (Wildman–Crippen LogP) is 4.77. The third kappa shape index (κ3) is 4.45. The third-order valence-electron chi connectivity index (χ3n) is 4.25. The highest BCUT2D eigenvalue weighted by molar-refractivity contribution is 6.30. The van der Waals surface area contributed by atoms with E-state index in [9.17, 15) is 4.79 Å². The average Bonchev–Trinajstić information content (AvgIpc) is 2.51. The van der Waals surface area contributed by atoms with E-state index in [0.717, 1.165) is 24.2 Å². The Labute approximate surface area is 153 Å². The lowest BCUT2D eigenvalue weighted by Gasteiger charge is -2.33. The number of anilines is 1. The summed E-state index contributed by atoms with van der Waals surface area (Å²) in [4.78, 5) is 12.1. The number of rotatable bonds is 4. The number of carbonyl (C=O) groups excluding carboxylic acids is 1. The number of hydrogen-bond donors (Lipinski definition) is 1. The molecule has 25 heavy (non-hydrogen) atoms. The molecular weight excluding hydrogens is 338 g/mol. The second kappa shape index (κ2) is 6.96. The van der Waals surface area contributed by atoms with Crippen molar-refractivity contribution in [3.8, 4) is 11.5 Å². The van der Waals surface area contributed by atoms with Crippen molar-refractivity contribution in [1.29, 1.82) is 0 Å². The number of fused-ring (bicyclic) bond motifs is 1. The summed E-state index contributed by atoms with van der Waals surface area (Å²) >= 11 is 5.91. The molecular formula is C20H22ClNO3. The molecule has 4 nitrogen and oxygen atoms in total. The van der Waals surface area contributed by atoms with E-state index < -0.39 is 0 Å². The first-order chi connectivity index (χ1) is 11.8. The molecule has 1 heterocycles. The number of nitrogens with one attached hydrogen (secondary N) is 1. The summed E-state index contributed by atoms with van der Waals surface area (Å²) in [5, 5.41) is 3.34. The number of aryl methyl sites for hydroxylation is 1. The van der Waals surface area contributed by atoms with E-state index in [1.54, 1.807) is 24.3 Å². The normalized spacial score (nSPS) is 15.0. The molecule has 0 aromatic heterocycles. The molecule has 0 saturated carbocycles. The van der Waals surface area contributed by atoms with Crippen LogP contribution in [0.4, 0.5) is 5.69 Å². The van der Waals surface area contributed by atoms with Gasteiger partial charge in [0.25, 0.3) is 5.91 Å². The molecule has 0 spiro atoms. The molecule has 1 amide bonds. The molecule has 0 saturated heterocycles. The van der Waals surface area contributed by atoms with Gasteiger partial charge < -0.3 is 14.8 Å². The molecule has 0 aliphatic carbocycles. The van der Waals surface area contributed by atoms with Crippen molar-refractivity contribution in [2.24, 2.45) is 0 Å². The average molecular weight is 360 g/mol. The highest BCUT2D eigenvalue weighted by atomic mass is 35.5. The predicted molar refractivity (Wildman–Crippen MR) is 99.8 cm³/mol. The summed E-state index contributed by atoms with van der Waals surface area (Å²) in [5.74, 6) is 1.25. The lowest BCUT2D eigenvalue weighted by atomic mass is 9.92. The van der Waals surface area contributed by atoms with Crippen LogP contribution >= 0.6 is 11.6 Å². The van der Waals surface area contributed by atoms with Gasteiger partial charge in [-0.15, -0.1) is 0 Å².